The first-order valence-electron chi connectivity index (χ1n) is 12.2. The van der Waals surface area contributed by atoms with Gasteiger partial charge in [0.1, 0.15) is 5.75 Å². The molecular weight excluding hydrogens is 502 g/mol. The van der Waals surface area contributed by atoms with Crippen molar-refractivity contribution >= 4 is 31.6 Å². The van der Waals surface area contributed by atoms with Crippen LogP contribution < -0.4 is 10.1 Å². The number of nitrogens with one attached hydrogen (secondary N) is 1. The molecule has 196 valence electrons. The van der Waals surface area contributed by atoms with Crippen LogP contribution in [-0.2, 0) is 30.6 Å². The molecule has 2 fully saturated rings. The molecule has 9 nitrogen and oxygen atoms in total. The van der Waals surface area contributed by atoms with E-state index in [0.717, 1.165) is 24.8 Å². The van der Waals surface area contributed by atoms with E-state index in [0.29, 0.717) is 37.4 Å². The highest BCUT2D eigenvalue weighted by molar-refractivity contribution is 7.89. The lowest BCUT2D eigenvalue weighted by Gasteiger charge is -2.30. The Bertz CT molecular complexity index is 1270. The third kappa shape index (κ3) is 6.08. The zero-order chi connectivity index (χ0) is 25.8. The lowest BCUT2D eigenvalue weighted by Crippen LogP contribution is -2.41. The van der Waals surface area contributed by atoms with Crippen LogP contribution in [0.5, 0.6) is 5.75 Å². The van der Waals surface area contributed by atoms with E-state index in [1.165, 1.54) is 27.9 Å². The van der Waals surface area contributed by atoms with Crippen LogP contribution in [-0.4, -0.2) is 64.6 Å². The lowest BCUT2D eigenvalue weighted by molar-refractivity contribution is -0.120. The fraction of sp³-hybridized carbons (Fsp3) is 0.480. The van der Waals surface area contributed by atoms with Gasteiger partial charge in [0.25, 0.3) is 0 Å². The Kier molecular flexibility index (Phi) is 8.34. The van der Waals surface area contributed by atoms with E-state index in [9.17, 15) is 21.6 Å². The maximum absolute atomic E-state index is 13.1. The Morgan fingerprint density at radius 1 is 0.917 bits per heavy atom. The van der Waals surface area contributed by atoms with Gasteiger partial charge in [-0.3, -0.25) is 4.79 Å². The number of hydrogen-bond donors (Lipinski definition) is 1. The molecule has 2 aromatic carbocycles. The highest BCUT2D eigenvalue weighted by Crippen LogP contribution is 2.31. The maximum atomic E-state index is 13.1. The minimum Gasteiger partial charge on any atom is -0.495 e. The van der Waals surface area contributed by atoms with Crippen molar-refractivity contribution in [3.63, 3.8) is 0 Å². The summed E-state index contributed by atoms with van der Waals surface area (Å²) in [6.45, 7) is 1.49. The van der Waals surface area contributed by atoms with Crippen molar-refractivity contribution in [2.24, 2.45) is 5.92 Å². The molecule has 0 aromatic heterocycles. The van der Waals surface area contributed by atoms with Crippen molar-refractivity contribution in [3.05, 3.63) is 54.1 Å². The SMILES string of the molecule is COc1ccc(S(=O)(=O)N2CCCCC2)cc1NC(=O)C1CCN(S(=O)(=O)Cc2ccccc2)CC1. The van der Waals surface area contributed by atoms with Crippen molar-refractivity contribution in [3.8, 4) is 5.75 Å². The van der Waals surface area contributed by atoms with E-state index in [1.54, 1.807) is 18.2 Å². The first-order chi connectivity index (χ1) is 17.2. The molecule has 11 heteroatoms. The number of methoxy groups -OCH3 is 1. The molecule has 2 aromatic rings. The first kappa shape index (κ1) is 26.6. The van der Waals surface area contributed by atoms with Crippen LogP contribution in [0.3, 0.4) is 0 Å². The average molecular weight is 536 g/mol. The van der Waals surface area contributed by atoms with Crippen LogP contribution in [0.15, 0.2) is 53.4 Å². The summed E-state index contributed by atoms with van der Waals surface area (Å²) in [5.41, 5.74) is 1.02. The van der Waals surface area contributed by atoms with Crippen LogP contribution in [0.2, 0.25) is 0 Å². The van der Waals surface area contributed by atoms with Crippen molar-refractivity contribution in [1.29, 1.82) is 0 Å². The Balaban J connectivity index is 1.41. The zero-order valence-electron chi connectivity index (χ0n) is 20.4. The standard InChI is InChI=1S/C25H33N3O6S2/c1-34-24-11-10-22(36(32,33)28-14-6-3-7-15-28)18-23(24)26-25(29)21-12-16-27(17-13-21)35(30,31)19-20-8-4-2-5-9-20/h2,4-5,8-11,18,21H,3,6-7,12-17,19H2,1H3,(H,26,29). The summed E-state index contributed by atoms with van der Waals surface area (Å²) in [6.07, 6.45) is 3.45. The minimum atomic E-state index is -3.67. The normalized spacial score (nSPS) is 18.6. The molecule has 0 aliphatic carbocycles. The predicted octanol–water partition coefficient (Wildman–Crippen LogP) is 3.05. The monoisotopic (exact) mass is 535 g/mol. The zero-order valence-corrected chi connectivity index (χ0v) is 22.1. The summed E-state index contributed by atoms with van der Waals surface area (Å²) in [6, 6.07) is 13.5. The third-order valence-electron chi connectivity index (χ3n) is 6.79. The van der Waals surface area contributed by atoms with Gasteiger partial charge in [-0.15, -0.1) is 0 Å². The van der Waals surface area contributed by atoms with Gasteiger partial charge in [0.2, 0.25) is 26.0 Å². The molecule has 2 heterocycles. The molecule has 2 saturated heterocycles. The maximum Gasteiger partial charge on any atom is 0.243 e. The largest absolute Gasteiger partial charge is 0.495 e. The number of carbonyl (C=O) groups is 1. The Morgan fingerprint density at radius 2 is 1.58 bits per heavy atom. The predicted molar refractivity (Wildman–Crippen MR) is 138 cm³/mol. The molecule has 0 atom stereocenters. The molecule has 36 heavy (non-hydrogen) atoms. The summed E-state index contributed by atoms with van der Waals surface area (Å²) in [4.78, 5) is 13.2. The van der Waals surface area contributed by atoms with Crippen LogP contribution in [0.4, 0.5) is 5.69 Å². The molecule has 2 aliphatic heterocycles. The Hall–Kier alpha value is -2.47. The number of rotatable bonds is 8. The van der Waals surface area contributed by atoms with Gasteiger partial charge in [-0.1, -0.05) is 36.8 Å². The number of amides is 1. The van der Waals surface area contributed by atoms with E-state index in [-0.39, 0.29) is 35.6 Å². The van der Waals surface area contributed by atoms with Crippen LogP contribution in [0, 0.1) is 5.92 Å². The number of ether oxygens (including phenoxy) is 1. The Morgan fingerprint density at radius 3 is 2.22 bits per heavy atom. The van der Waals surface area contributed by atoms with Gasteiger partial charge in [-0.2, -0.15) is 4.31 Å². The fourth-order valence-electron chi connectivity index (χ4n) is 4.71. The van der Waals surface area contributed by atoms with Crippen LogP contribution in [0.25, 0.3) is 0 Å². The lowest BCUT2D eigenvalue weighted by atomic mass is 9.97. The molecule has 4 rings (SSSR count). The van der Waals surface area contributed by atoms with Gasteiger partial charge in [0, 0.05) is 32.1 Å². The molecule has 0 bridgehead atoms. The second-order valence-electron chi connectivity index (χ2n) is 9.23. The third-order valence-corrected chi connectivity index (χ3v) is 10.5. The summed E-state index contributed by atoms with van der Waals surface area (Å²) < 4.78 is 60.1. The van der Waals surface area contributed by atoms with Gasteiger partial charge in [-0.25, -0.2) is 21.1 Å². The first-order valence-corrected chi connectivity index (χ1v) is 15.3. The van der Waals surface area contributed by atoms with Crippen LogP contribution >= 0.6 is 0 Å². The van der Waals surface area contributed by atoms with E-state index in [2.05, 4.69) is 5.32 Å². The summed E-state index contributed by atoms with van der Waals surface area (Å²) in [5, 5.41) is 2.83. The molecule has 0 saturated carbocycles. The van der Waals surface area contributed by atoms with E-state index < -0.39 is 20.0 Å². The number of benzene rings is 2. The van der Waals surface area contributed by atoms with Gasteiger partial charge in [0.05, 0.1) is 23.4 Å². The topological polar surface area (TPSA) is 113 Å². The number of hydrogen-bond acceptors (Lipinski definition) is 6. The molecule has 0 radical (unpaired) electrons. The van der Waals surface area contributed by atoms with E-state index in [4.69, 9.17) is 4.74 Å². The second-order valence-corrected chi connectivity index (χ2v) is 13.1. The van der Waals surface area contributed by atoms with E-state index in [1.807, 2.05) is 18.2 Å². The highest BCUT2D eigenvalue weighted by Gasteiger charge is 2.32. The quantitative estimate of drug-likeness (QED) is 0.556. The van der Waals surface area contributed by atoms with Gasteiger partial charge in [0.15, 0.2) is 0 Å². The Labute approximate surface area is 213 Å². The minimum absolute atomic E-state index is 0.0693. The number of nitrogens with zero attached hydrogens (tertiary/aromatic N) is 2. The molecule has 0 unspecified atom stereocenters. The summed E-state index contributed by atoms with van der Waals surface area (Å²) >= 11 is 0. The van der Waals surface area contributed by atoms with E-state index >= 15 is 0 Å². The highest BCUT2D eigenvalue weighted by atomic mass is 32.2. The van der Waals surface area contributed by atoms with Gasteiger partial charge in [-0.05, 0) is 49.4 Å². The van der Waals surface area contributed by atoms with Gasteiger partial charge < -0.3 is 10.1 Å². The summed E-state index contributed by atoms with van der Waals surface area (Å²) in [7, 11) is -5.69. The number of anilines is 1. The number of sulfonamides is 2. The van der Waals surface area contributed by atoms with Crippen molar-refractivity contribution < 1.29 is 26.4 Å². The smallest absolute Gasteiger partial charge is 0.243 e. The molecule has 1 amide bonds. The van der Waals surface area contributed by atoms with Crippen molar-refractivity contribution in [1.82, 2.24) is 8.61 Å². The molecule has 0 spiro atoms. The number of piperidine rings is 2. The van der Waals surface area contributed by atoms with Crippen molar-refractivity contribution in [2.45, 2.75) is 42.8 Å². The second kappa shape index (κ2) is 11.3. The average Bonchev–Trinajstić information content (AvgIpc) is 2.89. The molecule has 2 aliphatic rings. The van der Waals surface area contributed by atoms with Crippen LogP contribution in [0.1, 0.15) is 37.7 Å². The summed E-state index contributed by atoms with van der Waals surface area (Å²) in [5.74, 6) is -0.370. The molecular formula is C25H33N3O6S2. The van der Waals surface area contributed by atoms with Gasteiger partial charge >= 0.3 is 0 Å². The van der Waals surface area contributed by atoms with Crippen molar-refractivity contribution in [2.75, 3.05) is 38.6 Å². The number of carbonyl (C=O) groups excluding carboxylic acids is 1. The fourth-order valence-corrected chi connectivity index (χ4v) is 7.81. The molecule has 1 N–H and O–H groups in total.